The molecule has 5 nitrogen and oxygen atoms in total. The second-order valence-electron chi connectivity index (χ2n) is 4.71. The van der Waals surface area contributed by atoms with E-state index in [9.17, 15) is 4.79 Å². The average molecular weight is 257 g/mol. The molecule has 1 amide bonds. The molecule has 0 bridgehead atoms. The minimum absolute atomic E-state index is 0.279. The van der Waals surface area contributed by atoms with E-state index >= 15 is 0 Å². The number of amides is 1. The summed E-state index contributed by atoms with van der Waals surface area (Å²) in [6, 6.07) is 9.61. The Bertz CT molecular complexity index is 547. The number of carbonyl (C=O) groups is 1. The van der Waals surface area contributed by atoms with Crippen LogP contribution in [0.1, 0.15) is 24.2 Å². The topological polar surface area (TPSA) is 67.0 Å². The van der Waals surface area contributed by atoms with Crippen LogP contribution in [-0.2, 0) is 16.9 Å². The quantitative estimate of drug-likeness (QED) is 0.883. The van der Waals surface area contributed by atoms with Crippen LogP contribution in [-0.4, -0.2) is 16.1 Å². The molecule has 1 aliphatic rings. The Balaban J connectivity index is 1.55. The largest absolute Gasteiger partial charge is 0.445 e. The van der Waals surface area contributed by atoms with Crippen molar-refractivity contribution in [1.82, 2.24) is 15.3 Å². The molecule has 0 aliphatic heterocycles. The van der Waals surface area contributed by atoms with Gasteiger partial charge in [-0.1, -0.05) is 30.3 Å². The first kappa shape index (κ1) is 11.8. The van der Waals surface area contributed by atoms with Gasteiger partial charge in [-0.15, -0.1) is 0 Å². The van der Waals surface area contributed by atoms with Crippen molar-refractivity contribution in [2.75, 3.05) is 0 Å². The Morgan fingerprint density at radius 2 is 2.16 bits per heavy atom. The van der Waals surface area contributed by atoms with Gasteiger partial charge in [-0.2, -0.15) is 0 Å². The number of nitrogens with zero attached hydrogens (tertiary/aromatic N) is 1. The molecular weight excluding hydrogens is 242 g/mol. The van der Waals surface area contributed by atoms with Gasteiger partial charge in [0.15, 0.2) is 0 Å². The summed E-state index contributed by atoms with van der Waals surface area (Å²) >= 11 is 0. The van der Waals surface area contributed by atoms with Gasteiger partial charge in [0, 0.05) is 12.4 Å². The van der Waals surface area contributed by atoms with Crippen LogP contribution >= 0.6 is 0 Å². The van der Waals surface area contributed by atoms with Gasteiger partial charge < -0.3 is 15.0 Å². The predicted octanol–water partition coefficient (Wildman–Crippen LogP) is 2.33. The van der Waals surface area contributed by atoms with Crippen LogP contribution in [0.15, 0.2) is 42.7 Å². The molecular formula is C14H15N3O2. The van der Waals surface area contributed by atoms with E-state index in [-0.39, 0.29) is 12.1 Å². The van der Waals surface area contributed by atoms with Gasteiger partial charge >= 0.3 is 6.09 Å². The smallest absolute Gasteiger partial charge is 0.408 e. The number of nitrogens with one attached hydrogen (secondary N) is 2. The third-order valence-corrected chi connectivity index (χ3v) is 3.26. The Kier molecular flexibility index (Phi) is 2.95. The lowest BCUT2D eigenvalue weighted by molar-refractivity contribution is 0.133. The van der Waals surface area contributed by atoms with Crippen molar-refractivity contribution in [3.63, 3.8) is 0 Å². The van der Waals surface area contributed by atoms with E-state index in [0.29, 0.717) is 0 Å². The summed E-state index contributed by atoms with van der Waals surface area (Å²) in [6.07, 6.45) is 4.82. The highest BCUT2D eigenvalue weighted by atomic mass is 16.5. The molecule has 5 heteroatoms. The molecule has 0 saturated heterocycles. The first-order valence-corrected chi connectivity index (χ1v) is 6.27. The number of hydrogen-bond acceptors (Lipinski definition) is 3. The minimum atomic E-state index is -0.405. The maximum atomic E-state index is 11.8. The first-order valence-electron chi connectivity index (χ1n) is 6.27. The van der Waals surface area contributed by atoms with Crippen molar-refractivity contribution in [2.24, 2.45) is 0 Å². The van der Waals surface area contributed by atoms with Crippen LogP contribution in [0.5, 0.6) is 0 Å². The number of ether oxygens (including phenoxy) is 1. The monoisotopic (exact) mass is 257 g/mol. The third-order valence-electron chi connectivity index (χ3n) is 3.26. The third kappa shape index (κ3) is 2.59. The van der Waals surface area contributed by atoms with E-state index in [1.807, 2.05) is 30.3 Å². The number of carbonyl (C=O) groups excluding carboxylic acids is 1. The fourth-order valence-corrected chi connectivity index (χ4v) is 2.03. The number of rotatable bonds is 4. The van der Waals surface area contributed by atoms with Crippen LogP contribution in [0.4, 0.5) is 4.79 Å². The molecule has 2 N–H and O–H groups in total. The number of alkyl carbamates (subject to hydrolysis) is 1. The van der Waals surface area contributed by atoms with Crippen molar-refractivity contribution < 1.29 is 9.53 Å². The molecule has 1 aliphatic carbocycles. The number of aromatic nitrogens is 2. The van der Waals surface area contributed by atoms with Crippen LogP contribution in [0.2, 0.25) is 0 Å². The van der Waals surface area contributed by atoms with Gasteiger partial charge in [0.2, 0.25) is 0 Å². The summed E-state index contributed by atoms with van der Waals surface area (Å²) in [5.41, 5.74) is 0.623. The SMILES string of the molecule is O=C(NC1(c2ncc[nH]2)CC1)OCc1ccccc1. The highest BCUT2D eigenvalue weighted by Gasteiger charge is 2.48. The van der Waals surface area contributed by atoms with Crippen LogP contribution in [0, 0.1) is 0 Å². The number of aromatic amines is 1. The van der Waals surface area contributed by atoms with Crippen molar-refractivity contribution >= 4 is 6.09 Å². The standard InChI is InChI=1S/C14H15N3O2/c18-13(19-10-11-4-2-1-3-5-11)17-14(6-7-14)12-15-8-9-16-12/h1-5,8-9H,6-7,10H2,(H,15,16)(H,17,18). The maximum absolute atomic E-state index is 11.8. The maximum Gasteiger partial charge on any atom is 0.408 e. The summed E-state index contributed by atoms with van der Waals surface area (Å²) in [7, 11) is 0. The molecule has 0 unspecified atom stereocenters. The van der Waals surface area contributed by atoms with Crippen molar-refractivity contribution in [3.05, 3.63) is 54.1 Å². The van der Waals surface area contributed by atoms with E-state index in [0.717, 1.165) is 24.2 Å². The summed E-state index contributed by atoms with van der Waals surface area (Å²) in [5, 5.41) is 2.89. The van der Waals surface area contributed by atoms with E-state index < -0.39 is 6.09 Å². The molecule has 0 spiro atoms. The first-order chi connectivity index (χ1) is 9.28. The van der Waals surface area contributed by atoms with Gasteiger partial charge in [-0.25, -0.2) is 9.78 Å². The second kappa shape index (κ2) is 4.76. The van der Waals surface area contributed by atoms with Crippen molar-refractivity contribution in [2.45, 2.75) is 25.0 Å². The minimum Gasteiger partial charge on any atom is -0.445 e. The molecule has 0 atom stereocenters. The molecule has 2 aromatic rings. The predicted molar refractivity (Wildman–Crippen MR) is 69.3 cm³/mol. The summed E-state index contributed by atoms with van der Waals surface area (Å²) in [5.74, 6) is 0.796. The Hall–Kier alpha value is -2.30. The zero-order valence-electron chi connectivity index (χ0n) is 10.4. The fourth-order valence-electron chi connectivity index (χ4n) is 2.03. The zero-order chi connectivity index (χ0) is 13.1. The number of imidazole rings is 1. The Labute approximate surface area is 111 Å². The molecule has 1 fully saturated rings. The lowest BCUT2D eigenvalue weighted by atomic mass is 10.2. The lowest BCUT2D eigenvalue weighted by Gasteiger charge is -2.14. The number of H-pyrrole nitrogens is 1. The molecule has 1 saturated carbocycles. The van der Waals surface area contributed by atoms with Gasteiger partial charge in [0.25, 0.3) is 0 Å². The van der Waals surface area contributed by atoms with Crippen LogP contribution in [0.3, 0.4) is 0 Å². The molecule has 1 aromatic heterocycles. The average Bonchev–Trinajstić information content (AvgIpc) is 3.01. The molecule has 19 heavy (non-hydrogen) atoms. The number of benzene rings is 1. The van der Waals surface area contributed by atoms with Gasteiger partial charge in [-0.3, -0.25) is 0 Å². The Morgan fingerprint density at radius 1 is 1.37 bits per heavy atom. The van der Waals surface area contributed by atoms with Crippen molar-refractivity contribution in [1.29, 1.82) is 0 Å². The molecule has 1 heterocycles. The molecule has 0 radical (unpaired) electrons. The van der Waals surface area contributed by atoms with E-state index in [4.69, 9.17) is 4.74 Å². The summed E-state index contributed by atoms with van der Waals surface area (Å²) in [6.45, 7) is 0.279. The van der Waals surface area contributed by atoms with Crippen LogP contribution < -0.4 is 5.32 Å². The normalized spacial score (nSPS) is 15.8. The molecule has 1 aromatic carbocycles. The molecule has 98 valence electrons. The van der Waals surface area contributed by atoms with Gasteiger partial charge in [-0.05, 0) is 18.4 Å². The lowest BCUT2D eigenvalue weighted by Crippen LogP contribution is -2.36. The van der Waals surface area contributed by atoms with Crippen LogP contribution in [0.25, 0.3) is 0 Å². The van der Waals surface area contributed by atoms with Gasteiger partial charge in [0.05, 0.1) is 0 Å². The highest BCUT2D eigenvalue weighted by Crippen LogP contribution is 2.43. The van der Waals surface area contributed by atoms with Gasteiger partial charge in [0.1, 0.15) is 18.0 Å². The Morgan fingerprint density at radius 3 is 2.79 bits per heavy atom. The summed E-state index contributed by atoms with van der Waals surface area (Å²) in [4.78, 5) is 19.0. The van der Waals surface area contributed by atoms with E-state index in [1.54, 1.807) is 12.4 Å². The zero-order valence-corrected chi connectivity index (χ0v) is 10.4. The van der Waals surface area contributed by atoms with E-state index in [2.05, 4.69) is 15.3 Å². The number of hydrogen-bond donors (Lipinski definition) is 2. The second-order valence-corrected chi connectivity index (χ2v) is 4.71. The van der Waals surface area contributed by atoms with E-state index in [1.165, 1.54) is 0 Å². The molecule has 3 rings (SSSR count). The summed E-state index contributed by atoms with van der Waals surface area (Å²) < 4.78 is 5.21. The highest BCUT2D eigenvalue weighted by molar-refractivity contribution is 5.69. The van der Waals surface area contributed by atoms with Crippen molar-refractivity contribution in [3.8, 4) is 0 Å². The fraction of sp³-hybridized carbons (Fsp3) is 0.286.